The van der Waals surface area contributed by atoms with Crippen LogP contribution in [0.4, 0.5) is 0 Å². The van der Waals surface area contributed by atoms with Crippen LogP contribution in [0.1, 0.15) is 181 Å². The third-order valence-corrected chi connectivity index (χ3v) is 6.83. The maximum absolute atomic E-state index is 10.5. The second kappa shape index (κ2) is 32.9. The number of halogens is 2. The van der Waals surface area contributed by atoms with Crippen LogP contribution >= 0.6 is 23.2 Å². The Morgan fingerprint density at radius 1 is 0.353 bits per heavy atom. The molecule has 2 nitrogen and oxygen atoms in total. The molecule has 0 aliphatic heterocycles. The summed E-state index contributed by atoms with van der Waals surface area (Å²) >= 11 is 10.5. The van der Waals surface area contributed by atoms with Gasteiger partial charge in [-0.2, -0.15) is 0 Å². The van der Waals surface area contributed by atoms with Crippen molar-refractivity contribution < 1.29 is 9.59 Å². The van der Waals surface area contributed by atoms with Crippen molar-refractivity contribution in [2.45, 2.75) is 181 Å². The topological polar surface area (TPSA) is 34.1 Å². The van der Waals surface area contributed by atoms with Gasteiger partial charge in [0.2, 0.25) is 10.5 Å². The molecule has 0 saturated carbocycles. The van der Waals surface area contributed by atoms with Gasteiger partial charge in [0.25, 0.3) is 0 Å². The van der Waals surface area contributed by atoms with E-state index in [4.69, 9.17) is 23.2 Å². The monoisotopic (exact) mass is 520 g/mol. The molecular weight excluding hydrogens is 463 g/mol. The summed E-state index contributed by atoms with van der Waals surface area (Å²) in [7, 11) is 0. The van der Waals surface area contributed by atoms with Crippen molar-refractivity contribution in [1.82, 2.24) is 0 Å². The molecule has 0 aliphatic rings. The van der Waals surface area contributed by atoms with E-state index in [9.17, 15) is 9.59 Å². The van der Waals surface area contributed by atoms with E-state index in [0.29, 0.717) is 12.8 Å². The van der Waals surface area contributed by atoms with Crippen molar-refractivity contribution in [2.75, 3.05) is 0 Å². The Kier molecular flexibility index (Phi) is 34.9. The highest BCUT2D eigenvalue weighted by Gasteiger charge is 1.97. The summed E-state index contributed by atoms with van der Waals surface area (Å²) < 4.78 is 0. The van der Waals surface area contributed by atoms with E-state index in [1.807, 2.05) is 0 Å². The highest BCUT2D eigenvalue weighted by Crippen LogP contribution is 2.14. The largest absolute Gasteiger partial charge is 0.281 e. The average Bonchev–Trinajstić information content (AvgIpc) is 2.80. The first-order valence-corrected chi connectivity index (χ1v) is 15.7. The van der Waals surface area contributed by atoms with Gasteiger partial charge in [-0.25, -0.2) is 0 Å². The predicted molar refractivity (Wildman–Crippen MR) is 153 cm³/mol. The summed E-state index contributed by atoms with van der Waals surface area (Å²) in [4.78, 5) is 21.0. The summed E-state index contributed by atoms with van der Waals surface area (Å²) in [5, 5.41) is -0.368. The van der Waals surface area contributed by atoms with Crippen LogP contribution in [0.2, 0.25) is 0 Å². The lowest BCUT2D eigenvalue weighted by Gasteiger charge is -2.03. The molecule has 4 heteroatoms. The third-order valence-electron chi connectivity index (χ3n) is 6.45. The molecule has 0 aromatic carbocycles. The molecule has 0 aromatic heterocycles. The first kappa shape index (κ1) is 36.1. The van der Waals surface area contributed by atoms with Crippen molar-refractivity contribution in [1.29, 1.82) is 0 Å². The molecule has 0 aromatic rings. The minimum absolute atomic E-state index is 0.181. The molecule has 204 valence electrons. The van der Waals surface area contributed by atoms with Gasteiger partial charge in [-0.05, 0) is 36.0 Å². The van der Waals surface area contributed by atoms with E-state index >= 15 is 0 Å². The molecule has 0 bridgehead atoms. The first-order chi connectivity index (χ1) is 16.5. The van der Waals surface area contributed by atoms with E-state index in [0.717, 1.165) is 25.7 Å². The average molecular weight is 522 g/mol. The van der Waals surface area contributed by atoms with E-state index in [1.54, 1.807) is 0 Å². The molecular formula is C30H58Cl2O2. The van der Waals surface area contributed by atoms with Crippen molar-refractivity contribution in [2.24, 2.45) is 0 Å². The number of unbranched alkanes of at least 4 members (excludes halogenated alkanes) is 22. The Hall–Kier alpha value is -0.0800. The summed E-state index contributed by atoms with van der Waals surface area (Å²) in [5.74, 6) is 0. The molecule has 0 heterocycles. The lowest BCUT2D eigenvalue weighted by atomic mass is 10.0. The van der Waals surface area contributed by atoms with E-state index in [1.165, 1.54) is 128 Å². The number of carbonyl (C=O) groups is 2. The Morgan fingerprint density at radius 3 is 0.706 bits per heavy atom. The fourth-order valence-electron chi connectivity index (χ4n) is 4.21. The van der Waals surface area contributed by atoms with Crippen molar-refractivity contribution in [3.05, 3.63) is 0 Å². The third kappa shape index (κ3) is 39.1. The summed E-state index contributed by atoms with van der Waals surface area (Å²) in [6, 6.07) is 0. The second-order valence-electron chi connectivity index (χ2n) is 9.99. The van der Waals surface area contributed by atoms with Gasteiger partial charge in [-0.15, -0.1) is 0 Å². The Morgan fingerprint density at radius 2 is 0.529 bits per heavy atom. The Balaban J connectivity index is 0. The lowest BCUT2D eigenvalue weighted by molar-refractivity contribution is -0.112. The van der Waals surface area contributed by atoms with Crippen LogP contribution in [0.25, 0.3) is 0 Å². The van der Waals surface area contributed by atoms with Gasteiger partial charge in [0.05, 0.1) is 0 Å². The predicted octanol–water partition coefficient (Wildman–Crippen LogP) is 11.7. The van der Waals surface area contributed by atoms with Gasteiger partial charge in [-0.1, -0.05) is 155 Å². The molecule has 0 spiro atoms. The van der Waals surface area contributed by atoms with Gasteiger partial charge in [0, 0.05) is 12.8 Å². The van der Waals surface area contributed by atoms with Gasteiger partial charge in [0.15, 0.2) is 0 Å². The Bertz CT molecular complexity index is 413. The smallest absolute Gasteiger partial charge is 0.221 e. The number of hydrogen-bond acceptors (Lipinski definition) is 2. The van der Waals surface area contributed by atoms with Crippen LogP contribution in [0.5, 0.6) is 0 Å². The summed E-state index contributed by atoms with van der Waals surface area (Å²) in [6.07, 6.45) is 32.9. The zero-order chi connectivity index (χ0) is 25.5. The maximum Gasteiger partial charge on any atom is 0.221 e. The SMILES string of the molecule is CCCCCCCCCCCC(=O)Cl.CCCCCCCCCCCCCCCCCC(=O)Cl. The van der Waals surface area contributed by atoms with E-state index < -0.39 is 0 Å². The Labute approximate surface area is 223 Å². The molecule has 0 unspecified atom stereocenters. The van der Waals surface area contributed by atoms with Crippen LogP contribution < -0.4 is 0 Å². The molecule has 0 N–H and O–H groups in total. The molecule has 0 saturated heterocycles. The first-order valence-electron chi connectivity index (χ1n) is 14.9. The number of carbonyl (C=O) groups excluding carboxylic acids is 2. The summed E-state index contributed by atoms with van der Waals surface area (Å²) in [6.45, 7) is 4.51. The van der Waals surface area contributed by atoms with Crippen molar-refractivity contribution in [3.63, 3.8) is 0 Å². The summed E-state index contributed by atoms with van der Waals surface area (Å²) in [5.41, 5.74) is 0. The van der Waals surface area contributed by atoms with Crippen molar-refractivity contribution >= 4 is 33.7 Å². The molecule has 0 radical (unpaired) electrons. The fourth-order valence-corrected chi connectivity index (χ4v) is 4.48. The fraction of sp³-hybridized carbons (Fsp3) is 0.933. The molecule has 0 amide bonds. The maximum atomic E-state index is 10.5. The second-order valence-corrected chi connectivity index (χ2v) is 10.8. The lowest BCUT2D eigenvalue weighted by Crippen LogP contribution is -1.86. The molecule has 0 rings (SSSR count). The van der Waals surface area contributed by atoms with Crippen LogP contribution in [-0.4, -0.2) is 10.5 Å². The molecule has 0 aliphatic carbocycles. The quantitative estimate of drug-likeness (QED) is 0.0838. The highest BCUT2D eigenvalue weighted by atomic mass is 35.5. The van der Waals surface area contributed by atoms with Gasteiger partial charge < -0.3 is 0 Å². The van der Waals surface area contributed by atoms with Gasteiger partial charge in [-0.3, -0.25) is 9.59 Å². The van der Waals surface area contributed by atoms with Crippen LogP contribution in [0, 0.1) is 0 Å². The molecule has 0 atom stereocenters. The van der Waals surface area contributed by atoms with Crippen LogP contribution in [0.15, 0.2) is 0 Å². The van der Waals surface area contributed by atoms with Crippen LogP contribution in [0.3, 0.4) is 0 Å². The van der Waals surface area contributed by atoms with E-state index in [2.05, 4.69) is 13.8 Å². The number of hydrogen-bond donors (Lipinski definition) is 0. The minimum Gasteiger partial charge on any atom is -0.281 e. The molecule has 0 fully saturated rings. The zero-order valence-corrected chi connectivity index (χ0v) is 24.5. The van der Waals surface area contributed by atoms with Gasteiger partial charge >= 0.3 is 0 Å². The van der Waals surface area contributed by atoms with Crippen molar-refractivity contribution in [3.8, 4) is 0 Å². The minimum atomic E-state index is -0.187. The standard InChI is InChI=1S/C18H35ClO.C12H23ClO/c1-2-3-4-5-6-7-8-9-10-11-12-13-14-15-16-17-18(19)20;1-2-3-4-5-6-7-8-9-10-11-12(13)14/h2-17H2,1H3;2-11H2,1H3. The zero-order valence-electron chi connectivity index (χ0n) is 23.0. The molecule has 34 heavy (non-hydrogen) atoms. The van der Waals surface area contributed by atoms with Crippen LogP contribution in [-0.2, 0) is 9.59 Å². The van der Waals surface area contributed by atoms with Gasteiger partial charge in [0.1, 0.15) is 0 Å². The normalized spacial score (nSPS) is 10.7. The highest BCUT2D eigenvalue weighted by molar-refractivity contribution is 6.63. The van der Waals surface area contributed by atoms with E-state index in [-0.39, 0.29) is 10.5 Å². The number of rotatable bonds is 26.